The zero-order valence-electron chi connectivity index (χ0n) is 7.78. The zero-order chi connectivity index (χ0) is 10.3. The lowest BCUT2D eigenvalue weighted by molar-refractivity contribution is 0.119. The maximum atomic E-state index is 10.8. The molecule has 13 heavy (non-hydrogen) atoms. The van der Waals surface area contributed by atoms with Gasteiger partial charge in [0.05, 0.1) is 6.61 Å². The number of amides is 1. The predicted octanol–water partition coefficient (Wildman–Crippen LogP) is -0.528. The molecule has 2 atom stereocenters. The third kappa shape index (κ3) is 6.53. The highest BCUT2D eigenvalue weighted by Gasteiger charge is 2.08. The van der Waals surface area contributed by atoms with Gasteiger partial charge in [0.2, 0.25) is 0 Å². The molecule has 0 aliphatic carbocycles. The molecule has 5 nitrogen and oxygen atoms in total. The molecular formula is C7H15NO4S. The van der Waals surface area contributed by atoms with Crippen LogP contribution in [0.25, 0.3) is 0 Å². The van der Waals surface area contributed by atoms with Gasteiger partial charge >= 0.3 is 6.09 Å². The van der Waals surface area contributed by atoms with Crippen LogP contribution in [-0.2, 0) is 15.5 Å². The molecule has 0 aromatic carbocycles. The van der Waals surface area contributed by atoms with Crippen molar-refractivity contribution in [3.63, 3.8) is 0 Å². The number of hydrogen-bond acceptors (Lipinski definition) is 4. The quantitative estimate of drug-likeness (QED) is 0.638. The van der Waals surface area contributed by atoms with Crippen molar-refractivity contribution in [3.8, 4) is 0 Å². The molecule has 0 saturated carbocycles. The first-order chi connectivity index (χ1) is 6.07. The molecule has 2 N–H and O–H groups in total. The van der Waals surface area contributed by atoms with E-state index in [1.807, 2.05) is 0 Å². The summed E-state index contributed by atoms with van der Waals surface area (Å²) < 4.78 is 15.4. The first-order valence-corrected chi connectivity index (χ1v) is 5.53. The lowest BCUT2D eigenvalue weighted by Gasteiger charge is -2.09. The first-order valence-electron chi connectivity index (χ1n) is 3.91. The second-order valence-corrected chi connectivity index (χ2v) is 4.35. The molecule has 2 unspecified atom stereocenters. The smallest absolute Gasteiger partial charge is 0.407 e. The second kappa shape index (κ2) is 6.85. The maximum absolute atomic E-state index is 10.8. The number of aliphatic hydroxyl groups is 1. The van der Waals surface area contributed by atoms with Crippen LogP contribution >= 0.6 is 0 Å². The lowest BCUT2D eigenvalue weighted by atomic mass is 10.5. The molecule has 0 bridgehead atoms. The van der Waals surface area contributed by atoms with Gasteiger partial charge in [-0.15, -0.1) is 0 Å². The highest BCUT2D eigenvalue weighted by atomic mass is 32.2. The molecule has 6 heteroatoms. The van der Waals surface area contributed by atoms with E-state index < -0.39 is 16.9 Å². The average Bonchev–Trinajstić information content (AvgIpc) is 2.10. The van der Waals surface area contributed by atoms with Crippen molar-refractivity contribution in [3.05, 3.63) is 0 Å². The Morgan fingerprint density at radius 1 is 1.69 bits per heavy atom. The molecule has 1 amide bonds. The summed E-state index contributed by atoms with van der Waals surface area (Å²) in [7, 11) is -0.952. The van der Waals surface area contributed by atoms with Gasteiger partial charge in [-0.3, -0.25) is 4.21 Å². The van der Waals surface area contributed by atoms with Crippen LogP contribution in [-0.4, -0.2) is 46.7 Å². The van der Waals surface area contributed by atoms with E-state index >= 15 is 0 Å². The summed E-state index contributed by atoms with van der Waals surface area (Å²) in [5.74, 6) is 0. The van der Waals surface area contributed by atoms with Crippen LogP contribution in [0.15, 0.2) is 0 Å². The first kappa shape index (κ1) is 12.4. The Hall–Kier alpha value is -0.620. The summed E-state index contributed by atoms with van der Waals surface area (Å²) in [6.07, 6.45) is 0.983. The number of carbonyl (C=O) groups excluding carboxylic acids is 1. The molecule has 0 aliphatic heterocycles. The van der Waals surface area contributed by atoms with E-state index in [0.717, 1.165) is 0 Å². The molecule has 0 aromatic heterocycles. The summed E-state index contributed by atoms with van der Waals surface area (Å²) in [6.45, 7) is 1.87. The minimum Gasteiger partial charge on any atom is -0.447 e. The fourth-order valence-corrected chi connectivity index (χ4v) is 0.852. The molecule has 0 spiro atoms. The zero-order valence-corrected chi connectivity index (χ0v) is 8.60. The minimum absolute atomic E-state index is 0.0184. The number of aliphatic hydroxyl groups excluding tert-OH is 1. The van der Waals surface area contributed by atoms with E-state index in [1.54, 1.807) is 13.2 Å². The fraction of sp³-hybridized carbons (Fsp3) is 0.857. The SMILES string of the molecule is CC(CNC(=O)OCCO)S(C)=O. The Kier molecular flexibility index (Phi) is 6.52. The molecule has 0 heterocycles. The Balaban J connectivity index is 3.52. The highest BCUT2D eigenvalue weighted by molar-refractivity contribution is 7.84. The van der Waals surface area contributed by atoms with Crippen molar-refractivity contribution in [1.29, 1.82) is 0 Å². The third-order valence-corrected chi connectivity index (χ3v) is 2.72. The summed E-state index contributed by atoms with van der Waals surface area (Å²) in [4.78, 5) is 10.8. The summed E-state index contributed by atoms with van der Waals surface area (Å²) in [6, 6.07) is 0. The van der Waals surface area contributed by atoms with Gasteiger partial charge < -0.3 is 15.2 Å². The monoisotopic (exact) mass is 209 g/mol. The molecule has 0 radical (unpaired) electrons. The van der Waals surface area contributed by atoms with E-state index in [2.05, 4.69) is 10.1 Å². The van der Waals surface area contributed by atoms with E-state index in [1.165, 1.54) is 0 Å². The van der Waals surface area contributed by atoms with Gasteiger partial charge in [0.1, 0.15) is 6.61 Å². The molecule has 0 aliphatic rings. The van der Waals surface area contributed by atoms with Crippen molar-refractivity contribution in [2.24, 2.45) is 0 Å². The van der Waals surface area contributed by atoms with Crippen LogP contribution in [0.2, 0.25) is 0 Å². The fourth-order valence-electron chi connectivity index (χ4n) is 0.534. The van der Waals surface area contributed by atoms with Gasteiger partial charge in [-0.1, -0.05) is 0 Å². The van der Waals surface area contributed by atoms with Crippen LogP contribution in [0.1, 0.15) is 6.92 Å². The summed E-state index contributed by atoms with van der Waals surface area (Å²) in [5.41, 5.74) is 0. The Labute approximate surface area is 79.9 Å². The molecule has 0 saturated heterocycles. The Bertz CT molecular complexity index is 185. The van der Waals surface area contributed by atoms with Gasteiger partial charge in [0, 0.05) is 28.9 Å². The molecule has 0 aromatic rings. The van der Waals surface area contributed by atoms with E-state index in [0.29, 0.717) is 6.54 Å². The van der Waals surface area contributed by atoms with Crippen molar-refractivity contribution < 1.29 is 18.8 Å². The van der Waals surface area contributed by atoms with E-state index in [9.17, 15) is 9.00 Å². The van der Waals surface area contributed by atoms with Gasteiger partial charge in [-0.2, -0.15) is 0 Å². The number of ether oxygens (including phenoxy) is 1. The van der Waals surface area contributed by atoms with Gasteiger partial charge in [-0.05, 0) is 6.92 Å². The van der Waals surface area contributed by atoms with Crippen LogP contribution in [0.5, 0.6) is 0 Å². The minimum atomic E-state index is -0.952. The average molecular weight is 209 g/mol. The van der Waals surface area contributed by atoms with Crippen LogP contribution in [0.4, 0.5) is 4.79 Å². The Morgan fingerprint density at radius 3 is 2.77 bits per heavy atom. The van der Waals surface area contributed by atoms with Gasteiger partial charge in [-0.25, -0.2) is 4.79 Å². The number of rotatable bonds is 5. The maximum Gasteiger partial charge on any atom is 0.407 e. The number of alkyl carbamates (subject to hydrolysis) is 1. The van der Waals surface area contributed by atoms with E-state index in [-0.39, 0.29) is 18.5 Å². The molecule has 78 valence electrons. The predicted molar refractivity (Wildman–Crippen MR) is 50.0 cm³/mol. The number of hydrogen-bond donors (Lipinski definition) is 2. The van der Waals surface area contributed by atoms with Gasteiger partial charge in [0.25, 0.3) is 0 Å². The van der Waals surface area contributed by atoms with Crippen LogP contribution < -0.4 is 5.32 Å². The van der Waals surface area contributed by atoms with Crippen molar-refractivity contribution in [2.45, 2.75) is 12.2 Å². The summed E-state index contributed by atoms with van der Waals surface area (Å²) >= 11 is 0. The number of nitrogens with one attached hydrogen (secondary N) is 1. The molecule has 0 fully saturated rings. The van der Waals surface area contributed by atoms with Crippen molar-refractivity contribution >= 4 is 16.9 Å². The number of carbonyl (C=O) groups is 1. The van der Waals surface area contributed by atoms with Crippen molar-refractivity contribution in [1.82, 2.24) is 5.32 Å². The standard InChI is InChI=1S/C7H15NO4S/c1-6(13(2)11)5-8-7(10)12-4-3-9/h6,9H,3-5H2,1-2H3,(H,8,10). The third-order valence-electron chi connectivity index (χ3n) is 1.42. The normalized spacial score (nSPS) is 14.7. The van der Waals surface area contributed by atoms with Gasteiger partial charge in [0.15, 0.2) is 0 Å². The second-order valence-electron chi connectivity index (χ2n) is 2.55. The Morgan fingerprint density at radius 2 is 2.31 bits per heavy atom. The largest absolute Gasteiger partial charge is 0.447 e. The summed E-state index contributed by atoms with van der Waals surface area (Å²) in [5, 5.41) is 10.7. The van der Waals surface area contributed by atoms with Crippen molar-refractivity contribution in [2.75, 3.05) is 26.0 Å². The molecule has 0 rings (SSSR count). The van der Waals surface area contributed by atoms with Crippen LogP contribution in [0, 0.1) is 0 Å². The van der Waals surface area contributed by atoms with Crippen LogP contribution in [0.3, 0.4) is 0 Å². The molecular weight excluding hydrogens is 194 g/mol. The highest BCUT2D eigenvalue weighted by Crippen LogP contribution is 1.89. The topological polar surface area (TPSA) is 75.6 Å². The van der Waals surface area contributed by atoms with E-state index in [4.69, 9.17) is 5.11 Å². The lowest BCUT2D eigenvalue weighted by Crippen LogP contribution is -2.33.